The summed E-state index contributed by atoms with van der Waals surface area (Å²) in [6.45, 7) is 0. The van der Waals surface area contributed by atoms with Crippen LogP contribution < -0.4 is 15.4 Å². The third-order valence-corrected chi connectivity index (χ3v) is 7.23. The monoisotopic (exact) mass is 486 g/mol. The zero-order valence-corrected chi connectivity index (χ0v) is 19.4. The molecule has 1 heterocycles. The highest BCUT2D eigenvalue weighted by Gasteiger charge is 2.32. The molecule has 1 aliphatic heterocycles. The number of hydrogen-bond acceptors (Lipinski definition) is 8. The largest absolute Gasteiger partial charge is 0.469 e. The first-order chi connectivity index (χ1) is 15.0. The summed E-state index contributed by atoms with van der Waals surface area (Å²) in [7, 11) is -6.42. The average Bonchev–Trinajstić information content (AvgIpc) is 2.91. The Bertz CT molecular complexity index is 1150. The Hall–Kier alpha value is -2.67. The smallest absolute Gasteiger partial charge is 0.310 e. The number of benzene rings is 1. The number of fused-ring (bicyclic) bond motifs is 1. The Morgan fingerprint density at radius 3 is 2.62 bits per heavy atom. The van der Waals surface area contributed by atoms with Gasteiger partial charge in [-0.05, 0) is 31.0 Å². The number of ether oxygens (including phenoxy) is 1. The topological polar surface area (TPSA) is 160 Å². The van der Waals surface area contributed by atoms with Gasteiger partial charge in [0.2, 0.25) is 15.9 Å². The number of amides is 1. The highest BCUT2D eigenvalue weighted by molar-refractivity contribution is 7.92. The average molecular weight is 487 g/mol. The summed E-state index contributed by atoms with van der Waals surface area (Å²) in [6, 6.07) is 3.56. The molecule has 2 aliphatic rings. The molecule has 3 rings (SSSR count). The Morgan fingerprint density at radius 2 is 1.94 bits per heavy atom. The number of carbonyl (C=O) groups is 2. The van der Waals surface area contributed by atoms with Gasteiger partial charge >= 0.3 is 5.97 Å². The number of methoxy groups -OCH3 is 1. The second kappa shape index (κ2) is 9.45. The minimum absolute atomic E-state index is 0.0675. The molecule has 1 aliphatic carbocycles. The maximum absolute atomic E-state index is 12.6. The van der Waals surface area contributed by atoms with Gasteiger partial charge in [-0.3, -0.25) is 14.3 Å². The van der Waals surface area contributed by atoms with Crippen LogP contribution in [-0.4, -0.2) is 54.0 Å². The van der Waals surface area contributed by atoms with Crippen molar-refractivity contribution in [1.29, 1.82) is 0 Å². The highest BCUT2D eigenvalue weighted by Crippen LogP contribution is 2.31. The van der Waals surface area contributed by atoms with Gasteiger partial charge in [0.1, 0.15) is 10.7 Å². The van der Waals surface area contributed by atoms with E-state index in [2.05, 4.69) is 19.8 Å². The Morgan fingerprint density at radius 1 is 1.22 bits per heavy atom. The first-order valence-electron chi connectivity index (χ1n) is 10.1. The van der Waals surface area contributed by atoms with E-state index in [1.165, 1.54) is 19.2 Å². The van der Waals surface area contributed by atoms with Crippen LogP contribution in [-0.2, 0) is 34.4 Å². The van der Waals surface area contributed by atoms with E-state index >= 15 is 0 Å². The van der Waals surface area contributed by atoms with Crippen molar-refractivity contribution in [1.82, 2.24) is 5.32 Å². The molecule has 176 valence electrons. The summed E-state index contributed by atoms with van der Waals surface area (Å²) in [6.07, 6.45) is 4.55. The van der Waals surface area contributed by atoms with E-state index in [9.17, 15) is 26.4 Å². The van der Waals surface area contributed by atoms with Crippen molar-refractivity contribution >= 4 is 49.1 Å². The summed E-state index contributed by atoms with van der Waals surface area (Å²) in [5.74, 6) is -1.36. The van der Waals surface area contributed by atoms with Crippen molar-refractivity contribution in [3.05, 3.63) is 18.2 Å². The van der Waals surface area contributed by atoms with Crippen LogP contribution in [0.25, 0.3) is 0 Å². The normalized spacial score (nSPS) is 22.4. The molecule has 0 aromatic heterocycles. The van der Waals surface area contributed by atoms with Crippen molar-refractivity contribution in [2.24, 2.45) is 10.3 Å². The van der Waals surface area contributed by atoms with Crippen molar-refractivity contribution < 1.29 is 31.2 Å². The molecule has 2 unspecified atom stereocenters. The minimum atomic E-state index is -4.15. The molecule has 2 atom stereocenters. The van der Waals surface area contributed by atoms with E-state index in [1.54, 1.807) is 0 Å². The second-order valence-electron chi connectivity index (χ2n) is 7.84. The number of amidine groups is 1. The Labute approximate surface area is 187 Å². The lowest BCUT2D eigenvalue weighted by Gasteiger charge is -2.25. The molecule has 1 saturated carbocycles. The molecular formula is C19H26N4O7S2. The quantitative estimate of drug-likeness (QED) is 0.399. The molecule has 3 N–H and O–H groups in total. The number of nitrogens with one attached hydrogen (secondary N) is 3. The van der Waals surface area contributed by atoms with Gasteiger partial charge in [-0.25, -0.2) is 8.42 Å². The van der Waals surface area contributed by atoms with Crippen LogP contribution in [0.1, 0.15) is 38.5 Å². The summed E-state index contributed by atoms with van der Waals surface area (Å²) in [5.41, 5.74) is 0.263. The molecule has 1 amide bonds. The van der Waals surface area contributed by atoms with Gasteiger partial charge < -0.3 is 15.4 Å². The van der Waals surface area contributed by atoms with Crippen LogP contribution in [0.15, 0.2) is 27.5 Å². The predicted octanol–water partition coefficient (Wildman–Crippen LogP) is 1.20. The Kier molecular flexibility index (Phi) is 7.08. The van der Waals surface area contributed by atoms with Crippen molar-refractivity contribution in [2.45, 2.75) is 49.5 Å². The lowest BCUT2D eigenvalue weighted by atomic mass is 9.94. The number of esters is 1. The van der Waals surface area contributed by atoms with Gasteiger partial charge in [-0.2, -0.15) is 8.42 Å². The van der Waals surface area contributed by atoms with Gasteiger partial charge in [0, 0.05) is 11.7 Å². The van der Waals surface area contributed by atoms with Gasteiger partial charge in [0.25, 0.3) is 10.0 Å². The molecule has 13 heteroatoms. The Balaban J connectivity index is 1.73. The summed E-state index contributed by atoms with van der Waals surface area (Å²) >= 11 is 0. The second-order valence-corrected chi connectivity index (χ2v) is 11.2. The number of hydrogen-bond donors (Lipinski definition) is 3. The number of sulfonamides is 2. The molecule has 0 bridgehead atoms. The standard InChI is InChI=1S/C19H26N4O7S2/c1-30-19(25)13-6-4-3-5-7-14(13)21-18(24)11-17-20-15-9-8-12(22-31(2,26)27)10-16(15)32(28,29)23-17/h8-10,13-14,22H,3-7,11H2,1-2H3,(H,20,23)(H,21,24). The van der Waals surface area contributed by atoms with Crippen LogP contribution in [0.5, 0.6) is 0 Å². The van der Waals surface area contributed by atoms with Crippen molar-refractivity contribution in [3.63, 3.8) is 0 Å². The molecular weight excluding hydrogens is 460 g/mol. The van der Waals surface area contributed by atoms with E-state index < -0.39 is 37.9 Å². The summed E-state index contributed by atoms with van der Waals surface area (Å²) < 4.78 is 58.7. The third-order valence-electron chi connectivity index (χ3n) is 5.27. The fourth-order valence-electron chi connectivity index (χ4n) is 3.89. The predicted molar refractivity (Wildman–Crippen MR) is 118 cm³/mol. The molecule has 0 spiro atoms. The fraction of sp³-hybridized carbons (Fsp3) is 0.526. The van der Waals surface area contributed by atoms with Gasteiger partial charge in [0.15, 0.2) is 0 Å². The molecule has 11 nitrogen and oxygen atoms in total. The van der Waals surface area contributed by atoms with Crippen LogP contribution in [0.2, 0.25) is 0 Å². The SMILES string of the molecule is COC(=O)C1CCCCCC1NC(=O)CC1=NS(=O)(=O)c2cc(NS(C)(=O)=O)ccc2N1. The highest BCUT2D eigenvalue weighted by atomic mass is 32.2. The summed E-state index contributed by atoms with van der Waals surface area (Å²) in [5, 5.41) is 5.63. The van der Waals surface area contributed by atoms with E-state index in [-0.39, 0.29) is 34.5 Å². The number of rotatable bonds is 6. The zero-order valence-electron chi connectivity index (χ0n) is 17.8. The molecule has 1 aromatic carbocycles. The van der Waals surface area contributed by atoms with E-state index in [1.807, 2.05) is 0 Å². The first kappa shape index (κ1) is 24.0. The van der Waals surface area contributed by atoms with Crippen LogP contribution in [0.4, 0.5) is 11.4 Å². The maximum atomic E-state index is 12.6. The van der Waals surface area contributed by atoms with Crippen LogP contribution >= 0.6 is 0 Å². The summed E-state index contributed by atoms with van der Waals surface area (Å²) in [4.78, 5) is 24.5. The molecule has 1 aromatic rings. The lowest BCUT2D eigenvalue weighted by molar-refractivity contribution is -0.147. The maximum Gasteiger partial charge on any atom is 0.310 e. The third kappa shape index (κ3) is 5.97. The fourth-order valence-corrected chi connectivity index (χ4v) is 5.62. The number of carbonyl (C=O) groups excluding carboxylic acids is 2. The molecule has 0 radical (unpaired) electrons. The van der Waals surface area contributed by atoms with Gasteiger partial charge in [-0.1, -0.05) is 19.3 Å². The molecule has 1 fully saturated rings. The van der Waals surface area contributed by atoms with Crippen LogP contribution in [0, 0.1) is 5.92 Å². The number of anilines is 2. The zero-order chi connectivity index (χ0) is 23.5. The van der Waals surface area contributed by atoms with Crippen LogP contribution in [0.3, 0.4) is 0 Å². The van der Waals surface area contributed by atoms with Gasteiger partial charge in [-0.15, -0.1) is 4.40 Å². The lowest BCUT2D eigenvalue weighted by Crippen LogP contribution is -2.44. The van der Waals surface area contributed by atoms with E-state index in [0.717, 1.165) is 31.6 Å². The van der Waals surface area contributed by atoms with Crippen molar-refractivity contribution in [3.8, 4) is 0 Å². The van der Waals surface area contributed by atoms with Gasteiger partial charge in [0.05, 0.1) is 31.4 Å². The number of nitrogens with zero attached hydrogens (tertiary/aromatic N) is 1. The molecule has 0 saturated heterocycles. The van der Waals surface area contributed by atoms with E-state index in [4.69, 9.17) is 4.74 Å². The van der Waals surface area contributed by atoms with E-state index in [0.29, 0.717) is 12.8 Å². The first-order valence-corrected chi connectivity index (χ1v) is 13.4. The molecule has 32 heavy (non-hydrogen) atoms. The van der Waals surface area contributed by atoms with Crippen molar-refractivity contribution in [2.75, 3.05) is 23.4 Å². The minimum Gasteiger partial charge on any atom is -0.469 e.